The first-order chi connectivity index (χ1) is 7.68. The van der Waals surface area contributed by atoms with Gasteiger partial charge in [0, 0.05) is 11.8 Å². The highest BCUT2D eigenvalue weighted by atomic mass is 35.5. The lowest BCUT2D eigenvalue weighted by molar-refractivity contribution is 0.210. The van der Waals surface area contributed by atoms with E-state index in [1.54, 1.807) is 24.3 Å². The van der Waals surface area contributed by atoms with Gasteiger partial charge in [0.25, 0.3) is 0 Å². The Morgan fingerprint density at radius 3 is 2.56 bits per heavy atom. The van der Waals surface area contributed by atoms with Crippen molar-refractivity contribution in [3.05, 3.63) is 64.7 Å². The second-order valence-corrected chi connectivity index (χ2v) is 3.76. The summed E-state index contributed by atoms with van der Waals surface area (Å²) in [6.45, 7) is 0. The minimum absolute atomic E-state index is 0.206. The fraction of sp³-hybridized carbons (Fsp3) is 0.0833. The van der Waals surface area contributed by atoms with Crippen LogP contribution in [0.3, 0.4) is 0 Å². The third-order valence-electron chi connectivity index (χ3n) is 2.23. The third kappa shape index (κ3) is 2.21. The summed E-state index contributed by atoms with van der Waals surface area (Å²) < 4.78 is 13.4. The van der Waals surface area contributed by atoms with E-state index < -0.39 is 11.9 Å². The van der Waals surface area contributed by atoms with Crippen LogP contribution in [0.5, 0.6) is 0 Å². The standard InChI is InChI=1S/C12H9ClFNO/c13-8-5-6-11(15-7-8)12(16)9-3-1-2-4-10(9)14/h1-7,12,16H. The van der Waals surface area contributed by atoms with Crippen molar-refractivity contribution in [2.24, 2.45) is 0 Å². The predicted octanol–water partition coefficient (Wildman–Crippen LogP) is 2.96. The van der Waals surface area contributed by atoms with E-state index in [1.807, 2.05) is 0 Å². The van der Waals surface area contributed by atoms with Crippen LogP contribution in [0.4, 0.5) is 4.39 Å². The Hall–Kier alpha value is -1.45. The number of hydrogen-bond acceptors (Lipinski definition) is 2. The molecule has 2 aromatic rings. The van der Waals surface area contributed by atoms with Gasteiger partial charge in [-0.25, -0.2) is 4.39 Å². The van der Waals surface area contributed by atoms with E-state index in [2.05, 4.69) is 4.98 Å². The summed E-state index contributed by atoms with van der Waals surface area (Å²) in [7, 11) is 0. The molecule has 1 heterocycles. The Labute approximate surface area is 97.3 Å². The summed E-state index contributed by atoms with van der Waals surface area (Å²) in [5.74, 6) is -0.452. The molecule has 0 aliphatic rings. The van der Waals surface area contributed by atoms with Crippen LogP contribution in [0.25, 0.3) is 0 Å². The maximum Gasteiger partial charge on any atom is 0.129 e. The number of benzene rings is 1. The Kier molecular flexibility index (Phi) is 3.17. The molecule has 0 saturated carbocycles. The van der Waals surface area contributed by atoms with E-state index >= 15 is 0 Å². The molecule has 16 heavy (non-hydrogen) atoms. The van der Waals surface area contributed by atoms with E-state index in [1.165, 1.54) is 18.3 Å². The normalized spacial score (nSPS) is 12.4. The van der Waals surface area contributed by atoms with Crippen LogP contribution in [0, 0.1) is 5.82 Å². The zero-order valence-electron chi connectivity index (χ0n) is 8.27. The van der Waals surface area contributed by atoms with Crippen molar-refractivity contribution >= 4 is 11.6 Å². The minimum atomic E-state index is -1.07. The van der Waals surface area contributed by atoms with Gasteiger partial charge in [-0.2, -0.15) is 0 Å². The summed E-state index contributed by atoms with van der Waals surface area (Å²) in [5, 5.41) is 10.4. The van der Waals surface area contributed by atoms with E-state index in [9.17, 15) is 9.50 Å². The van der Waals surface area contributed by atoms with Gasteiger partial charge < -0.3 is 5.11 Å². The monoisotopic (exact) mass is 237 g/mol. The lowest BCUT2D eigenvalue weighted by Gasteiger charge is -2.10. The lowest BCUT2D eigenvalue weighted by Crippen LogP contribution is -2.04. The number of pyridine rings is 1. The van der Waals surface area contributed by atoms with Crippen molar-refractivity contribution in [2.45, 2.75) is 6.10 Å². The molecule has 1 N–H and O–H groups in total. The molecule has 0 aliphatic carbocycles. The van der Waals surface area contributed by atoms with Gasteiger partial charge >= 0.3 is 0 Å². The van der Waals surface area contributed by atoms with Crippen molar-refractivity contribution in [1.82, 2.24) is 4.98 Å². The molecule has 0 radical (unpaired) electrons. The fourth-order valence-electron chi connectivity index (χ4n) is 1.41. The average Bonchev–Trinajstić information content (AvgIpc) is 2.30. The summed E-state index contributed by atoms with van der Waals surface area (Å²) in [6, 6.07) is 9.23. The summed E-state index contributed by atoms with van der Waals surface area (Å²) >= 11 is 5.68. The molecule has 82 valence electrons. The van der Waals surface area contributed by atoms with Crippen molar-refractivity contribution in [3.8, 4) is 0 Å². The first-order valence-electron chi connectivity index (χ1n) is 4.72. The zero-order chi connectivity index (χ0) is 11.5. The molecule has 1 aromatic heterocycles. The van der Waals surface area contributed by atoms with Crippen LogP contribution in [0.15, 0.2) is 42.6 Å². The molecule has 0 fully saturated rings. The van der Waals surface area contributed by atoms with Crippen molar-refractivity contribution in [2.75, 3.05) is 0 Å². The van der Waals surface area contributed by atoms with Crippen LogP contribution < -0.4 is 0 Å². The Morgan fingerprint density at radius 1 is 1.19 bits per heavy atom. The van der Waals surface area contributed by atoms with Crippen molar-refractivity contribution in [1.29, 1.82) is 0 Å². The summed E-state index contributed by atoms with van der Waals surface area (Å²) in [6.07, 6.45) is 0.347. The number of aromatic nitrogens is 1. The number of hydrogen-bond donors (Lipinski definition) is 1. The Bertz CT molecular complexity index is 487. The van der Waals surface area contributed by atoms with Gasteiger partial charge in [-0.15, -0.1) is 0 Å². The van der Waals surface area contributed by atoms with E-state index in [0.29, 0.717) is 10.7 Å². The van der Waals surface area contributed by atoms with E-state index in [-0.39, 0.29) is 5.56 Å². The Balaban J connectivity index is 2.35. The molecule has 0 aliphatic heterocycles. The van der Waals surface area contributed by atoms with Crippen molar-refractivity contribution in [3.63, 3.8) is 0 Å². The quantitative estimate of drug-likeness (QED) is 0.871. The van der Waals surface area contributed by atoms with Gasteiger partial charge in [-0.3, -0.25) is 4.98 Å². The molecule has 0 spiro atoms. The number of aliphatic hydroxyl groups is 1. The Morgan fingerprint density at radius 2 is 1.94 bits per heavy atom. The van der Waals surface area contributed by atoms with Gasteiger partial charge in [0.2, 0.25) is 0 Å². The number of nitrogens with zero attached hydrogens (tertiary/aromatic N) is 1. The molecule has 4 heteroatoms. The first-order valence-corrected chi connectivity index (χ1v) is 5.10. The zero-order valence-corrected chi connectivity index (χ0v) is 9.03. The molecular weight excluding hydrogens is 229 g/mol. The largest absolute Gasteiger partial charge is 0.382 e. The lowest BCUT2D eigenvalue weighted by atomic mass is 10.1. The van der Waals surface area contributed by atoms with Crippen LogP contribution in [0.1, 0.15) is 17.4 Å². The smallest absolute Gasteiger partial charge is 0.129 e. The third-order valence-corrected chi connectivity index (χ3v) is 2.45. The molecule has 2 rings (SSSR count). The molecule has 0 saturated heterocycles. The number of aliphatic hydroxyl groups excluding tert-OH is 1. The number of rotatable bonds is 2. The van der Waals surface area contributed by atoms with Gasteiger partial charge in [0.1, 0.15) is 11.9 Å². The summed E-state index contributed by atoms with van der Waals surface area (Å²) in [5.41, 5.74) is 0.576. The van der Waals surface area contributed by atoms with Crippen LogP contribution in [0.2, 0.25) is 5.02 Å². The van der Waals surface area contributed by atoms with Gasteiger partial charge in [-0.05, 0) is 18.2 Å². The molecule has 0 bridgehead atoms. The SMILES string of the molecule is OC(c1ccc(Cl)cn1)c1ccccc1F. The van der Waals surface area contributed by atoms with Gasteiger partial charge in [0.05, 0.1) is 10.7 Å². The number of halogens is 2. The maximum absolute atomic E-state index is 13.4. The topological polar surface area (TPSA) is 33.1 Å². The second kappa shape index (κ2) is 4.60. The van der Waals surface area contributed by atoms with Gasteiger partial charge in [-0.1, -0.05) is 29.8 Å². The minimum Gasteiger partial charge on any atom is -0.382 e. The van der Waals surface area contributed by atoms with Crippen LogP contribution >= 0.6 is 11.6 Å². The predicted molar refractivity (Wildman–Crippen MR) is 59.7 cm³/mol. The molecular formula is C12H9ClFNO. The molecule has 1 atom stereocenters. The molecule has 2 nitrogen and oxygen atoms in total. The molecule has 1 unspecified atom stereocenters. The highest BCUT2D eigenvalue weighted by Crippen LogP contribution is 2.23. The maximum atomic E-state index is 13.4. The van der Waals surface area contributed by atoms with Gasteiger partial charge in [0.15, 0.2) is 0 Å². The highest BCUT2D eigenvalue weighted by molar-refractivity contribution is 6.30. The first kappa shape index (κ1) is 11.0. The second-order valence-electron chi connectivity index (χ2n) is 3.33. The van der Waals surface area contributed by atoms with Crippen LogP contribution in [-0.4, -0.2) is 10.1 Å². The van der Waals surface area contributed by atoms with E-state index in [0.717, 1.165) is 0 Å². The van der Waals surface area contributed by atoms with Crippen molar-refractivity contribution < 1.29 is 9.50 Å². The van der Waals surface area contributed by atoms with Crippen LogP contribution in [-0.2, 0) is 0 Å². The molecule has 0 amide bonds. The summed E-state index contributed by atoms with van der Waals surface area (Å²) in [4.78, 5) is 3.95. The highest BCUT2D eigenvalue weighted by Gasteiger charge is 2.15. The molecule has 1 aromatic carbocycles. The average molecular weight is 238 g/mol. The van der Waals surface area contributed by atoms with E-state index in [4.69, 9.17) is 11.6 Å². The fourth-order valence-corrected chi connectivity index (χ4v) is 1.52.